The Hall–Kier alpha value is -1.30. The molecule has 0 unspecified atom stereocenters. The number of rotatable bonds is 6. The highest BCUT2D eigenvalue weighted by atomic mass is 32.2. The van der Waals surface area contributed by atoms with E-state index in [0.29, 0.717) is 17.6 Å². The molecule has 1 aromatic rings. The third-order valence-corrected chi connectivity index (χ3v) is 3.60. The van der Waals surface area contributed by atoms with Crippen molar-refractivity contribution in [2.45, 2.75) is 45.1 Å². The molecular formula is C14H23N3O2S. The monoisotopic (exact) mass is 297 g/mol. The average Bonchev–Trinajstić information content (AvgIpc) is 2.37. The third kappa shape index (κ3) is 4.67. The van der Waals surface area contributed by atoms with Crippen LogP contribution in [0.15, 0.2) is 5.03 Å². The first-order chi connectivity index (χ1) is 9.49. The fourth-order valence-corrected chi connectivity index (χ4v) is 2.54. The molecule has 0 aliphatic heterocycles. The number of unbranched alkanes of at least 4 members (excludes halogenated alkanes) is 1. The molecule has 0 aromatic carbocycles. The highest BCUT2D eigenvalue weighted by Gasteiger charge is 2.17. The van der Waals surface area contributed by atoms with Gasteiger partial charge in [-0.1, -0.05) is 13.3 Å². The van der Waals surface area contributed by atoms with E-state index in [1.807, 2.05) is 25.9 Å². The molecule has 0 saturated heterocycles. The van der Waals surface area contributed by atoms with Gasteiger partial charge in [0.25, 0.3) is 0 Å². The molecule has 6 heteroatoms. The van der Waals surface area contributed by atoms with Crippen LogP contribution < -0.4 is 4.90 Å². The molecule has 0 aliphatic rings. The fourth-order valence-electron chi connectivity index (χ4n) is 1.71. The summed E-state index contributed by atoms with van der Waals surface area (Å²) in [6.45, 7) is 6.28. The van der Waals surface area contributed by atoms with Gasteiger partial charge in [-0.15, -0.1) is 0 Å². The maximum absolute atomic E-state index is 11.7. The summed E-state index contributed by atoms with van der Waals surface area (Å²) >= 11 is 1.05. The Morgan fingerprint density at radius 3 is 2.55 bits per heavy atom. The number of aromatic nitrogens is 2. The summed E-state index contributed by atoms with van der Waals surface area (Å²) in [5.41, 5.74) is 1.99. The number of anilines is 1. The molecule has 5 nitrogen and oxygen atoms in total. The maximum atomic E-state index is 11.7. The summed E-state index contributed by atoms with van der Waals surface area (Å²) in [6, 6.07) is 0. The lowest BCUT2D eigenvalue weighted by Gasteiger charge is -2.16. The van der Waals surface area contributed by atoms with Crippen LogP contribution >= 0.6 is 11.8 Å². The number of hydrogen-bond acceptors (Lipinski definition) is 6. The zero-order chi connectivity index (χ0) is 15.1. The first kappa shape index (κ1) is 16.8. The van der Waals surface area contributed by atoms with Crippen LogP contribution in [0.1, 0.15) is 37.9 Å². The van der Waals surface area contributed by atoms with Crippen molar-refractivity contribution in [3.63, 3.8) is 0 Å². The van der Waals surface area contributed by atoms with Gasteiger partial charge in [0, 0.05) is 37.1 Å². The van der Waals surface area contributed by atoms with E-state index in [4.69, 9.17) is 4.74 Å². The fraction of sp³-hybridized carbons (Fsp3) is 0.643. The number of ether oxygens (including phenoxy) is 1. The zero-order valence-corrected chi connectivity index (χ0v) is 13.7. The van der Waals surface area contributed by atoms with E-state index in [1.54, 1.807) is 6.92 Å². The van der Waals surface area contributed by atoms with Crippen molar-refractivity contribution in [3.8, 4) is 0 Å². The van der Waals surface area contributed by atoms with E-state index >= 15 is 0 Å². The largest absolute Gasteiger partial charge is 0.458 e. The topological polar surface area (TPSA) is 55.3 Å². The number of hydrogen-bond donors (Lipinski definition) is 0. The van der Waals surface area contributed by atoms with Crippen LogP contribution in [0, 0.1) is 6.92 Å². The Morgan fingerprint density at radius 1 is 1.30 bits per heavy atom. The maximum Gasteiger partial charge on any atom is 0.373 e. The minimum Gasteiger partial charge on any atom is -0.458 e. The van der Waals surface area contributed by atoms with Crippen LogP contribution in [-0.2, 0) is 11.2 Å². The molecule has 0 spiro atoms. The van der Waals surface area contributed by atoms with Crippen LogP contribution in [0.4, 0.5) is 10.7 Å². The number of aryl methyl sites for hydroxylation is 1. The van der Waals surface area contributed by atoms with E-state index < -0.39 is 0 Å². The summed E-state index contributed by atoms with van der Waals surface area (Å²) in [7, 11) is 3.78. The van der Waals surface area contributed by atoms with E-state index in [1.165, 1.54) is 0 Å². The van der Waals surface area contributed by atoms with E-state index in [2.05, 4.69) is 16.9 Å². The average molecular weight is 297 g/mol. The van der Waals surface area contributed by atoms with Crippen LogP contribution in [0.25, 0.3) is 0 Å². The Bertz CT molecular complexity index is 464. The van der Waals surface area contributed by atoms with Crippen LogP contribution in [0.3, 0.4) is 0 Å². The van der Waals surface area contributed by atoms with Crippen molar-refractivity contribution in [3.05, 3.63) is 11.3 Å². The van der Waals surface area contributed by atoms with Gasteiger partial charge in [-0.3, -0.25) is 0 Å². The Balaban J connectivity index is 3.09. The molecule has 0 amide bonds. The Morgan fingerprint density at radius 2 is 2.00 bits per heavy atom. The highest BCUT2D eigenvalue weighted by molar-refractivity contribution is 8.13. The normalized spacial score (nSPS) is 10.4. The zero-order valence-electron chi connectivity index (χ0n) is 12.9. The smallest absolute Gasteiger partial charge is 0.373 e. The van der Waals surface area contributed by atoms with Crippen molar-refractivity contribution in [2.75, 3.05) is 25.6 Å². The molecule has 0 saturated carbocycles. The standard InChI is InChI=1S/C14H23N3O2S/c1-6-8-9-11-10(3)15-13(17(4)5)16-12(11)20-14(18)19-7-2/h6-9H2,1-5H3. The Labute approximate surface area is 125 Å². The minimum atomic E-state index is -0.312. The van der Waals surface area contributed by atoms with Gasteiger partial charge in [-0.25, -0.2) is 14.8 Å². The quantitative estimate of drug-likeness (QED) is 0.455. The van der Waals surface area contributed by atoms with E-state index in [0.717, 1.165) is 42.3 Å². The number of thioether (sulfide) groups is 1. The van der Waals surface area contributed by atoms with Crippen LogP contribution in [0.2, 0.25) is 0 Å². The Kier molecular flexibility index (Phi) is 6.78. The van der Waals surface area contributed by atoms with Crippen molar-refractivity contribution >= 4 is 23.0 Å². The predicted molar refractivity (Wildman–Crippen MR) is 82.6 cm³/mol. The number of carbonyl (C=O) groups excluding carboxylic acids is 1. The second-order valence-electron chi connectivity index (χ2n) is 4.68. The lowest BCUT2D eigenvalue weighted by molar-refractivity contribution is 0.181. The molecule has 0 N–H and O–H groups in total. The first-order valence-electron chi connectivity index (χ1n) is 6.89. The summed E-state index contributed by atoms with van der Waals surface area (Å²) in [5.74, 6) is 0.620. The van der Waals surface area contributed by atoms with Gasteiger partial charge in [0.2, 0.25) is 5.95 Å². The minimum absolute atomic E-state index is 0.312. The molecular weight excluding hydrogens is 274 g/mol. The van der Waals surface area contributed by atoms with Crippen molar-refractivity contribution in [2.24, 2.45) is 0 Å². The van der Waals surface area contributed by atoms with Gasteiger partial charge in [0.05, 0.1) is 6.61 Å². The number of carbonyl (C=O) groups is 1. The molecule has 20 heavy (non-hydrogen) atoms. The van der Waals surface area contributed by atoms with Gasteiger partial charge < -0.3 is 9.64 Å². The molecule has 1 aromatic heterocycles. The number of nitrogens with zero attached hydrogens (tertiary/aromatic N) is 3. The first-order valence-corrected chi connectivity index (χ1v) is 7.70. The molecule has 0 fully saturated rings. The van der Waals surface area contributed by atoms with Crippen LogP contribution in [0.5, 0.6) is 0 Å². The molecule has 1 rings (SSSR count). The van der Waals surface area contributed by atoms with Gasteiger partial charge in [-0.05, 0) is 26.7 Å². The molecule has 0 bridgehead atoms. The van der Waals surface area contributed by atoms with E-state index in [-0.39, 0.29) is 5.30 Å². The molecule has 0 atom stereocenters. The highest BCUT2D eigenvalue weighted by Crippen LogP contribution is 2.27. The lowest BCUT2D eigenvalue weighted by atomic mass is 10.1. The van der Waals surface area contributed by atoms with Gasteiger partial charge in [0.15, 0.2) is 0 Å². The SMILES string of the molecule is CCCCc1c(C)nc(N(C)C)nc1SC(=O)OCC. The molecule has 0 aliphatic carbocycles. The van der Waals surface area contributed by atoms with Crippen molar-refractivity contribution in [1.29, 1.82) is 0 Å². The summed E-state index contributed by atoms with van der Waals surface area (Å²) in [5, 5.41) is 0.404. The summed E-state index contributed by atoms with van der Waals surface area (Å²) in [6.07, 6.45) is 3.04. The van der Waals surface area contributed by atoms with Crippen LogP contribution in [-0.4, -0.2) is 36.0 Å². The molecule has 112 valence electrons. The van der Waals surface area contributed by atoms with Crippen molar-refractivity contribution < 1.29 is 9.53 Å². The lowest BCUT2D eigenvalue weighted by Crippen LogP contribution is -2.15. The second-order valence-corrected chi connectivity index (χ2v) is 5.60. The second kappa shape index (κ2) is 8.09. The van der Waals surface area contributed by atoms with E-state index in [9.17, 15) is 4.79 Å². The summed E-state index contributed by atoms with van der Waals surface area (Å²) in [4.78, 5) is 22.5. The summed E-state index contributed by atoms with van der Waals surface area (Å²) < 4.78 is 5.00. The van der Waals surface area contributed by atoms with Gasteiger partial charge >= 0.3 is 5.30 Å². The molecule has 0 radical (unpaired) electrons. The van der Waals surface area contributed by atoms with Crippen molar-refractivity contribution in [1.82, 2.24) is 9.97 Å². The van der Waals surface area contributed by atoms with Gasteiger partial charge in [-0.2, -0.15) is 0 Å². The third-order valence-electron chi connectivity index (χ3n) is 2.79. The predicted octanol–water partition coefficient (Wildman–Crippen LogP) is 3.44. The van der Waals surface area contributed by atoms with Gasteiger partial charge in [0.1, 0.15) is 5.03 Å². The molecule has 1 heterocycles.